The van der Waals surface area contributed by atoms with E-state index in [0.29, 0.717) is 13.0 Å². The Morgan fingerprint density at radius 2 is 1.78 bits per heavy atom. The molecule has 0 unspecified atom stereocenters. The van der Waals surface area contributed by atoms with Gasteiger partial charge in [0.15, 0.2) is 0 Å². The number of hydrogen-bond acceptors (Lipinski definition) is 3. The second-order valence-corrected chi connectivity index (χ2v) is 6.56. The minimum Gasteiger partial charge on any atom is -0.396 e. The lowest BCUT2D eigenvalue weighted by molar-refractivity contribution is -0.143. The summed E-state index contributed by atoms with van der Waals surface area (Å²) < 4.78 is 0. The summed E-state index contributed by atoms with van der Waals surface area (Å²) in [4.78, 5) is 25.5. The molecule has 1 aliphatic carbocycles. The number of aliphatic hydroxyl groups excluding tert-OH is 1. The quantitative estimate of drug-likeness (QED) is 0.779. The molecule has 0 aromatic heterocycles. The lowest BCUT2D eigenvalue weighted by Gasteiger charge is -2.38. The number of hydrogen-bond donors (Lipinski definition) is 1. The Bertz CT molecular complexity index is 356. The second-order valence-electron chi connectivity index (χ2n) is 6.56. The Kier molecular flexibility index (Phi) is 3.49. The van der Waals surface area contributed by atoms with Gasteiger partial charge in [-0.25, -0.2) is 0 Å². The van der Waals surface area contributed by atoms with E-state index >= 15 is 0 Å². The molecule has 0 bridgehead atoms. The van der Waals surface area contributed by atoms with Crippen LogP contribution in [-0.4, -0.2) is 35.0 Å². The van der Waals surface area contributed by atoms with E-state index in [1.807, 2.05) is 13.8 Å². The number of carbonyl (C=O) groups excluding carboxylic acids is 2. The molecule has 2 amide bonds. The smallest absolute Gasteiger partial charge is 0.235 e. The molecule has 1 saturated heterocycles. The fraction of sp³-hybridized carbons (Fsp3) is 0.857. The highest BCUT2D eigenvalue weighted by Gasteiger charge is 2.47. The lowest BCUT2D eigenvalue weighted by atomic mass is 9.74. The van der Waals surface area contributed by atoms with Gasteiger partial charge < -0.3 is 5.11 Å². The minimum atomic E-state index is -0.567. The first-order chi connectivity index (χ1) is 8.40. The molecule has 1 saturated carbocycles. The van der Waals surface area contributed by atoms with Crippen LogP contribution >= 0.6 is 0 Å². The fourth-order valence-corrected chi connectivity index (χ4v) is 3.19. The molecular weight excluding hydrogens is 230 g/mol. The third kappa shape index (κ3) is 2.30. The van der Waals surface area contributed by atoms with E-state index in [1.165, 1.54) is 11.3 Å². The van der Waals surface area contributed by atoms with Crippen LogP contribution < -0.4 is 0 Å². The molecule has 102 valence electrons. The van der Waals surface area contributed by atoms with Crippen LogP contribution in [0.2, 0.25) is 0 Å². The van der Waals surface area contributed by atoms with Crippen molar-refractivity contribution in [2.24, 2.45) is 10.8 Å². The summed E-state index contributed by atoms with van der Waals surface area (Å²) >= 11 is 0. The second kappa shape index (κ2) is 4.65. The zero-order chi connectivity index (χ0) is 13.4. The Hall–Kier alpha value is -0.900. The maximum atomic E-state index is 12.2. The van der Waals surface area contributed by atoms with Crippen LogP contribution in [-0.2, 0) is 9.59 Å². The van der Waals surface area contributed by atoms with Gasteiger partial charge >= 0.3 is 0 Å². The van der Waals surface area contributed by atoms with Crippen LogP contribution in [0.4, 0.5) is 0 Å². The summed E-state index contributed by atoms with van der Waals surface area (Å²) in [7, 11) is 0. The van der Waals surface area contributed by atoms with Gasteiger partial charge in [0.05, 0.1) is 12.0 Å². The van der Waals surface area contributed by atoms with Crippen molar-refractivity contribution in [2.75, 3.05) is 13.2 Å². The van der Waals surface area contributed by atoms with Crippen molar-refractivity contribution < 1.29 is 14.7 Å². The van der Waals surface area contributed by atoms with E-state index in [1.54, 1.807) is 0 Å². The van der Waals surface area contributed by atoms with E-state index in [2.05, 4.69) is 0 Å². The molecule has 1 aliphatic heterocycles. The highest BCUT2D eigenvalue weighted by atomic mass is 16.3. The van der Waals surface area contributed by atoms with Crippen LogP contribution in [0.25, 0.3) is 0 Å². The summed E-state index contributed by atoms with van der Waals surface area (Å²) in [6.45, 7) is 4.12. The first-order valence-electron chi connectivity index (χ1n) is 6.86. The number of rotatable bonds is 3. The molecule has 1 heterocycles. The van der Waals surface area contributed by atoms with Gasteiger partial charge in [-0.2, -0.15) is 0 Å². The first-order valence-corrected chi connectivity index (χ1v) is 6.86. The SMILES string of the molecule is CC1(C)CC(=O)N(CC2(CO)CCCCC2)C1=O. The molecule has 2 rings (SSSR count). The van der Waals surface area contributed by atoms with Crippen molar-refractivity contribution in [3.05, 3.63) is 0 Å². The van der Waals surface area contributed by atoms with Crippen LogP contribution in [0.15, 0.2) is 0 Å². The van der Waals surface area contributed by atoms with Crippen molar-refractivity contribution in [1.29, 1.82) is 0 Å². The number of amides is 2. The molecule has 1 N–H and O–H groups in total. The molecule has 0 aromatic rings. The van der Waals surface area contributed by atoms with Gasteiger partial charge in [0.2, 0.25) is 11.8 Å². The van der Waals surface area contributed by atoms with Crippen molar-refractivity contribution in [2.45, 2.75) is 52.4 Å². The molecule has 4 heteroatoms. The zero-order valence-electron chi connectivity index (χ0n) is 11.4. The van der Waals surface area contributed by atoms with Gasteiger partial charge in [-0.3, -0.25) is 14.5 Å². The summed E-state index contributed by atoms with van der Waals surface area (Å²) in [6, 6.07) is 0. The lowest BCUT2D eigenvalue weighted by Crippen LogP contribution is -2.45. The monoisotopic (exact) mass is 253 g/mol. The van der Waals surface area contributed by atoms with E-state index < -0.39 is 5.41 Å². The van der Waals surface area contributed by atoms with Crippen molar-refractivity contribution >= 4 is 11.8 Å². The number of likely N-dealkylation sites (tertiary alicyclic amines) is 1. The zero-order valence-corrected chi connectivity index (χ0v) is 11.4. The maximum Gasteiger partial charge on any atom is 0.235 e. The maximum absolute atomic E-state index is 12.2. The highest BCUT2D eigenvalue weighted by molar-refractivity contribution is 6.05. The Morgan fingerprint density at radius 3 is 2.22 bits per heavy atom. The number of imide groups is 1. The minimum absolute atomic E-state index is 0.0739. The topological polar surface area (TPSA) is 57.6 Å². The highest BCUT2D eigenvalue weighted by Crippen LogP contribution is 2.40. The summed E-state index contributed by atoms with van der Waals surface area (Å²) in [5.41, 5.74) is -0.813. The van der Waals surface area contributed by atoms with E-state index in [-0.39, 0.29) is 23.8 Å². The molecule has 2 fully saturated rings. The van der Waals surface area contributed by atoms with E-state index in [0.717, 1.165) is 25.7 Å². The van der Waals surface area contributed by atoms with E-state index in [4.69, 9.17) is 0 Å². The van der Waals surface area contributed by atoms with Crippen molar-refractivity contribution in [1.82, 2.24) is 4.90 Å². The van der Waals surface area contributed by atoms with Gasteiger partial charge in [-0.15, -0.1) is 0 Å². The molecule has 0 radical (unpaired) electrons. The fourth-order valence-electron chi connectivity index (χ4n) is 3.19. The predicted molar refractivity (Wildman–Crippen MR) is 67.7 cm³/mol. The molecule has 4 nitrogen and oxygen atoms in total. The van der Waals surface area contributed by atoms with Gasteiger partial charge in [0, 0.05) is 18.4 Å². The van der Waals surface area contributed by atoms with Gasteiger partial charge in [0.25, 0.3) is 0 Å². The normalized spacial score (nSPS) is 26.7. The van der Waals surface area contributed by atoms with Gasteiger partial charge in [-0.1, -0.05) is 33.1 Å². The summed E-state index contributed by atoms with van der Waals surface area (Å²) in [5, 5.41) is 9.66. The molecule has 18 heavy (non-hydrogen) atoms. The number of nitrogens with zero attached hydrogens (tertiary/aromatic N) is 1. The average Bonchev–Trinajstić information content (AvgIpc) is 2.53. The first kappa shape index (κ1) is 13.5. The van der Waals surface area contributed by atoms with Crippen molar-refractivity contribution in [3.63, 3.8) is 0 Å². The third-order valence-corrected chi connectivity index (χ3v) is 4.46. The van der Waals surface area contributed by atoms with Crippen LogP contribution in [0.3, 0.4) is 0 Å². The molecule has 2 aliphatic rings. The van der Waals surface area contributed by atoms with Crippen LogP contribution in [0, 0.1) is 10.8 Å². The molecule has 0 spiro atoms. The summed E-state index contributed by atoms with van der Waals surface area (Å²) in [5.74, 6) is -0.158. The third-order valence-electron chi connectivity index (χ3n) is 4.46. The van der Waals surface area contributed by atoms with Gasteiger partial charge in [0.1, 0.15) is 0 Å². The molecule has 0 atom stereocenters. The van der Waals surface area contributed by atoms with Crippen LogP contribution in [0.1, 0.15) is 52.4 Å². The Balaban J connectivity index is 2.12. The largest absolute Gasteiger partial charge is 0.396 e. The average molecular weight is 253 g/mol. The van der Waals surface area contributed by atoms with Crippen molar-refractivity contribution in [3.8, 4) is 0 Å². The Morgan fingerprint density at radius 1 is 1.17 bits per heavy atom. The molecular formula is C14H23NO3. The molecule has 0 aromatic carbocycles. The van der Waals surface area contributed by atoms with Gasteiger partial charge in [-0.05, 0) is 12.8 Å². The number of carbonyl (C=O) groups is 2. The standard InChI is InChI=1S/C14H23NO3/c1-13(2)8-11(17)15(12(13)18)9-14(10-16)6-4-3-5-7-14/h16H,3-10H2,1-2H3. The number of aliphatic hydroxyl groups is 1. The Labute approximate surface area is 108 Å². The van der Waals surface area contributed by atoms with Crippen LogP contribution in [0.5, 0.6) is 0 Å². The summed E-state index contributed by atoms with van der Waals surface area (Å²) in [6.07, 6.45) is 5.49. The predicted octanol–water partition coefficient (Wildman–Crippen LogP) is 1.71. The van der Waals surface area contributed by atoms with E-state index in [9.17, 15) is 14.7 Å².